The van der Waals surface area contributed by atoms with Gasteiger partial charge in [-0.25, -0.2) is 0 Å². The lowest BCUT2D eigenvalue weighted by molar-refractivity contribution is 0.499. The van der Waals surface area contributed by atoms with Gasteiger partial charge in [-0.05, 0) is 44.0 Å². The van der Waals surface area contributed by atoms with Gasteiger partial charge in [0.15, 0.2) is 0 Å². The second kappa shape index (κ2) is 4.55. The highest BCUT2D eigenvalue weighted by molar-refractivity contribution is 6.31. The summed E-state index contributed by atoms with van der Waals surface area (Å²) in [4.78, 5) is 0. The van der Waals surface area contributed by atoms with Crippen LogP contribution in [-0.2, 0) is 0 Å². The smallest absolute Gasteiger partial charge is 0.106 e. The fraction of sp³-hybridized carbons (Fsp3) is 0.286. The van der Waals surface area contributed by atoms with E-state index in [0.29, 0.717) is 0 Å². The van der Waals surface area contributed by atoms with Gasteiger partial charge in [0.1, 0.15) is 11.5 Å². The molecule has 0 saturated carbocycles. The molecule has 17 heavy (non-hydrogen) atoms. The molecule has 2 N–H and O–H groups in total. The molecule has 90 valence electrons. The molecule has 1 unspecified atom stereocenters. The summed E-state index contributed by atoms with van der Waals surface area (Å²) in [7, 11) is 0. The minimum atomic E-state index is -0.164. The van der Waals surface area contributed by atoms with Gasteiger partial charge in [0, 0.05) is 10.6 Å². The number of rotatable bonds is 2. The van der Waals surface area contributed by atoms with Crippen LogP contribution < -0.4 is 5.73 Å². The predicted octanol–water partition coefficient (Wildman–Crippen LogP) is 3.91. The molecule has 0 aliphatic rings. The Morgan fingerprint density at radius 3 is 2.41 bits per heavy atom. The van der Waals surface area contributed by atoms with Crippen molar-refractivity contribution < 1.29 is 4.42 Å². The first-order chi connectivity index (χ1) is 7.99. The fourth-order valence-electron chi connectivity index (χ4n) is 2.00. The SMILES string of the molecule is Cc1cc(C(N)c2ccc(Cl)c(C)c2)c(C)o1. The first kappa shape index (κ1) is 12.2. The van der Waals surface area contributed by atoms with Gasteiger partial charge >= 0.3 is 0 Å². The third-order valence-electron chi connectivity index (χ3n) is 2.96. The van der Waals surface area contributed by atoms with Crippen molar-refractivity contribution in [1.82, 2.24) is 0 Å². The van der Waals surface area contributed by atoms with Crippen molar-refractivity contribution in [3.8, 4) is 0 Å². The maximum absolute atomic E-state index is 6.25. The number of benzene rings is 1. The zero-order valence-electron chi connectivity index (χ0n) is 10.3. The van der Waals surface area contributed by atoms with Gasteiger partial charge in [0.05, 0.1) is 6.04 Å². The second-order valence-electron chi connectivity index (χ2n) is 4.35. The maximum atomic E-state index is 6.25. The highest BCUT2D eigenvalue weighted by Crippen LogP contribution is 2.27. The van der Waals surface area contributed by atoms with Crippen molar-refractivity contribution in [1.29, 1.82) is 0 Å². The minimum absolute atomic E-state index is 0.164. The first-order valence-electron chi connectivity index (χ1n) is 5.57. The second-order valence-corrected chi connectivity index (χ2v) is 4.76. The Bertz CT molecular complexity index is 545. The lowest BCUT2D eigenvalue weighted by Gasteiger charge is -2.12. The van der Waals surface area contributed by atoms with Gasteiger partial charge < -0.3 is 10.2 Å². The van der Waals surface area contributed by atoms with Crippen LogP contribution in [0.15, 0.2) is 28.7 Å². The van der Waals surface area contributed by atoms with Crippen LogP contribution in [0.1, 0.15) is 34.3 Å². The normalized spacial score (nSPS) is 12.8. The van der Waals surface area contributed by atoms with Crippen LogP contribution >= 0.6 is 11.6 Å². The molecule has 0 aliphatic heterocycles. The molecule has 1 atom stereocenters. The molecule has 0 fully saturated rings. The van der Waals surface area contributed by atoms with Crippen LogP contribution in [0.4, 0.5) is 0 Å². The Morgan fingerprint density at radius 1 is 1.18 bits per heavy atom. The van der Waals surface area contributed by atoms with Gasteiger partial charge in [0.25, 0.3) is 0 Å². The van der Waals surface area contributed by atoms with E-state index in [2.05, 4.69) is 0 Å². The molecule has 0 saturated heterocycles. The van der Waals surface area contributed by atoms with E-state index in [9.17, 15) is 0 Å². The Balaban J connectivity index is 2.40. The Morgan fingerprint density at radius 2 is 1.88 bits per heavy atom. The summed E-state index contributed by atoms with van der Waals surface area (Å²) in [6.07, 6.45) is 0. The van der Waals surface area contributed by atoms with Crippen molar-refractivity contribution in [3.05, 3.63) is 57.5 Å². The van der Waals surface area contributed by atoms with E-state index in [-0.39, 0.29) is 6.04 Å². The van der Waals surface area contributed by atoms with Gasteiger partial charge in [-0.1, -0.05) is 23.7 Å². The van der Waals surface area contributed by atoms with Crippen molar-refractivity contribution in [3.63, 3.8) is 0 Å². The Hall–Kier alpha value is -1.25. The van der Waals surface area contributed by atoms with E-state index >= 15 is 0 Å². The molecule has 1 aromatic heterocycles. The summed E-state index contributed by atoms with van der Waals surface area (Å²) in [5, 5.41) is 0.765. The minimum Gasteiger partial charge on any atom is -0.466 e. The van der Waals surface area contributed by atoms with E-state index in [4.69, 9.17) is 21.8 Å². The largest absolute Gasteiger partial charge is 0.466 e. The quantitative estimate of drug-likeness (QED) is 0.877. The van der Waals surface area contributed by atoms with Crippen molar-refractivity contribution in [2.45, 2.75) is 26.8 Å². The number of hydrogen-bond acceptors (Lipinski definition) is 2. The zero-order valence-corrected chi connectivity index (χ0v) is 11.0. The van der Waals surface area contributed by atoms with Gasteiger partial charge in [-0.15, -0.1) is 0 Å². The molecule has 0 bridgehead atoms. The average Bonchev–Trinajstić information content (AvgIpc) is 2.61. The van der Waals surface area contributed by atoms with E-state index in [1.807, 2.05) is 45.0 Å². The molecule has 3 heteroatoms. The molecule has 0 amide bonds. The Labute approximate surface area is 106 Å². The zero-order chi connectivity index (χ0) is 12.6. The lowest BCUT2D eigenvalue weighted by atomic mass is 9.98. The molecule has 2 rings (SSSR count). The molecular formula is C14H16ClNO. The van der Waals surface area contributed by atoms with Crippen LogP contribution in [0.25, 0.3) is 0 Å². The number of hydrogen-bond donors (Lipinski definition) is 1. The molecule has 0 aliphatic carbocycles. The summed E-state index contributed by atoms with van der Waals surface area (Å²) < 4.78 is 5.51. The highest BCUT2D eigenvalue weighted by atomic mass is 35.5. The van der Waals surface area contributed by atoms with Gasteiger partial charge in [0.2, 0.25) is 0 Å². The molecule has 1 aromatic carbocycles. The van der Waals surface area contributed by atoms with Gasteiger partial charge in [-0.2, -0.15) is 0 Å². The lowest BCUT2D eigenvalue weighted by Crippen LogP contribution is -2.12. The molecule has 0 radical (unpaired) electrons. The number of nitrogens with two attached hydrogens (primary N) is 1. The molecular weight excluding hydrogens is 234 g/mol. The average molecular weight is 250 g/mol. The molecule has 0 spiro atoms. The summed E-state index contributed by atoms with van der Waals surface area (Å²) in [5.74, 6) is 1.77. The summed E-state index contributed by atoms with van der Waals surface area (Å²) >= 11 is 6.01. The van der Waals surface area contributed by atoms with E-state index < -0.39 is 0 Å². The Kier molecular flexibility index (Phi) is 3.27. The maximum Gasteiger partial charge on any atom is 0.106 e. The number of halogens is 1. The highest BCUT2D eigenvalue weighted by Gasteiger charge is 2.15. The molecule has 2 aromatic rings. The van der Waals surface area contributed by atoms with E-state index in [1.54, 1.807) is 0 Å². The molecule has 1 heterocycles. The third kappa shape index (κ3) is 2.38. The van der Waals surface area contributed by atoms with Crippen LogP contribution in [0.3, 0.4) is 0 Å². The van der Waals surface area contributed by atoms with Crippen LogP contribution in [0.2, 0.25) is 5.02 Å². The van der Waals surface area contributed by atoms with Crippen LogP contribution in [0.5, 0.6) is 0 Å². The van der Waals surface area contributed by atoms with Crippen LogP contribution in [0, 0.1) is 20.8 Å². The predicted molar refractivity (Wildman–Crippen MR) is 70.4 cm³/mol. The van der Waals surface area contributed by atoms with E-state index in [1.165, 1.54) is 0 Å². The number of aryl methyl sites for hydroxylation is 3. The van der Waals surface area contributed by atoms with Gasteiger partial charge in [-0.3, -0.25) is 0 Å². The van der Waals surface area contributed by atoms with Crippen molar-refractivity contribution in [2.75, 3.05) is 0 Å². The fourth-order valence-corrected chi connectivity index (χ4v) is 2.12. The topological polar surface area (TPSA) is 39.2 Å². The third-order valence-corrected chi connectivity index (χ3v) is 3.38. The molecule has 2 nitrogen and oxygen atoms in total. The summed E-state index contributed by atoms with van der Waals surface area (Å²) in [6.45, 7) is 5.84. The first-order valence-corrected chi connectivity index (χ1v) is 5.95. The van der Waals surface area contributed by atoms with E-state index in [0.717, 1.165) is 33.2 Å². The summed E-state index contributed by atoms with van der Waals surface area (Å²) in [6, 6.07) is 7.69. The van der Waals surface area contributed by atoms with Crippen LogP contribution in [-0.4, -0.2) is 0 Å². The monoisotopic (exact) mass is 249 g/mol. The van der Waals surface area contributed by atoms with Crippen molar-refractivity contribution in [2.24, 2.45) is 5.73 Å². The number of furan rings is 1. The summed E-state index contributed by atoms with van der Waals surface area (Å²) in [5.41, 5.74) is 9.37. The van der Waals surface area contributed by atoms with Crippen molar-refractivity contribution >= 4 is 11.6 Å². The standard InChI is InChI=1S/C14H16ClNO/c1-8-6-11(4-5-13(8)15)14(16)12-7-9(2)17-10(12)3/h4-7,14H,16H2,1-3H3.